The number of nitrogens with zero attached hydrogens (tertiary/aromatic N) is 2. The van der Waals surface area contributed by atoms with Gasteiger partial charge in [0.1, 0.15) is 0 Å². The minimum absolute atomic E-state index is 0.702. The van der Waals surface area contributed by atoms with Crippen LogP contribution in [0, 0.1) is 5.92 Å². The van der Waals surface area contributed by atoms with E-state index in [-0.39, 0.29) is 0 Å². The van der Waals surface area contributed by atoms with Crippen molar-refractivity contribution in [2.75, 3.05) is 26.7 Å². The molecule has 110 valence electrons. The first kappa shape index (κ1) is 13.8. The summed E-state index contributed by atoms with van der Waals surface area (Å²) >= 11 is 0. The Balaban J connectivity index is 1.63. The molecular formula is C16H31N3. The third-order valence-corrected chi connectivity index (χ3v) is 5.87. The molecule has 3 aliphatic rings. The molecule has 3 nitrogen and oxygen atoms in total. The molecule has 3 fully saturated rings. The molecule has 3 rings (SSSR count). The maximum atomic E-state index is 3.69. The summed E-state index contributed by atoms with van der Waals surface area (Å²) in [5.74, 6) is 0.758. The van der Waals surface area contributed by atoms with Crippen molar-refractivity contribution < 1.29 is 0 Å². The molecule has 3 heteroatoms. The van der Waals surface area contributed by atoms with Crippen molar-refractivity contribution in [1.29, 1.82) is 0 Å². The van der Waals surface area contributed by atoms with Crippen LogP contribution in [0.3, 0.4) is 0 Å². The second-order valence-electron chi connectivity index (χ2n) is 7.33. The van der Waals surface area contributed by atoms with Gasteiger partial charge in [-0.05, 0) is 38.6 Å². The van der Waals surface area contributed by atoms with E-state index in [1.54, 1.807) is 0 Å². The van der Waals surface area contributed by atoms with Crippen molar-refractivity contribution in [3.63, 3.8) is 0 Å². The predicted octanol–water partition coefficient (Wildman–Crippen LogP) is 1.93. The van der Waals surface area contributed by atoms with E-state index in [9.17, 15) is 0 Å². The Bertz CT molecular complexity index is 290. The fourth-order valence-corrected chi connectivity index (χ4v) is 4.47. The molecule has 0 radical (unpaired) electrons. The Hall–Kier alpha value is -0.120. The molecule has 3 aliphatic heterocycles. The molecule has 3 atom stereocenters. The van der Waals surface area contributed by atoms with Crippen LogP contribution in [0.5, 0.6) is 0 Å². The van der Waals surface area contributed by atoms with Crippen LogP contribution in [0.4, 0.5) is 0 Å². The van der Waals surface area contributed by atoms with Crippen molar-refractivity contribution >= 4 is 0 Å². The average Bonchev–Trinajstić information content (AvgIpc) is 2.38. The van der Waals surface area contributed by atoms with Crippen molar-refractivity contribution in [2.24, 2.45) is 5.92 Å². The fourth-order valence-electron chi connectivity index (χ4n) is 4.47. The van der Waals surface area contributed by atoms with Crippen LogP contribution in [0.15, 0.2) is 0 Å². The van der Waals surface area contributed by atoms with Crippen LogP contribution in [0.2, 0.25) is 0 Å². The lowest BCUT2D eigenvalue weighted by Gasteiger charge is -2.51. The topological polar surface area (TPSA) is 18.5 Å². The van der Waals surface area contributed by atoms with E-state index in [4.69, 9.17) is 0 Å². The molecular weight excluding hydrogens is 234 g/mol. The van der Waals surface area contributed by atoms with Crippen LogP contribution in [-0.4, -0.2) is 60.6 Å². The molecule has 0 spiro atoms. The van der Waals surface area contributed by atoms with Gasteiger partial charge in [0.2, 0.25) is 0 Å². The molecule has 2 bridgehead atoms. The molecule has 0 saturated carbocycles. The van der Waals surface area contributed by atoms with Crippen LogP contribution >= 0.6 is 0 Å². The van der Waals surface area contributed by atoms with Crippen LogP contribution in [0.1, 0.15) is 46.0 Å². The summed E-state index contributed by atoms with van der Waals surface area (Å²) in [4.78, 5) is 5.49. The SMILES string of the molecule is CC(C)C1CN(C2CC3CCCC(C2)N3C)CCN1. The highest BCUT2D eigenvalue weighted by Crippen LogP contribution is 2.35. The number of piperidine rings is 2. The standard InChI is InChI=1S/C16H31N3/c1-12(2)16-11-19(8-7-17-16)15-9-13-5-4-6-14(10-15)18(13)3/h12-17H,4-11H2,1-3H3. The van der Waals surface area contributed by atoms with Gasteiger partial charge in [0.05, 0.1) is 0 Å². The van der Waals surface area contributed by atoms with E-state index in [1.165, 1.54) is 51.7 Å². The van der Waals surface area contributed by atoms with Crippen LogP contribution in [-0.2, 0) is 0 Å². The Morgan fingerprint density at radius 1 is 1.05 bits per heavy atom. The van der Waals surface area contributed by atoms with Gasteiger partial charge in [-0.15, -0.1) is 0 Å². The van der Waals surface area contributed by atoms with E-state index >= 15 is 0 Å². The van der Waals surface area contributed by atoms with Crippen LogP contribution in [0.25, 0.3) is 0 Å². The number of piperazine rings is 1. The third-order valence-electron chi connectivity index (χ3n) is 5.87. The molecule has 19 heavy (non-hydrogen) atoms. The third kappa shape index (κ3) is 2.84. The first-order valence-electron chi connectivity index (χ1n) is 8.34. The van der Waals surface area contributed by atoms with Gasteiger partial charge < -0.3 is 10.2 Å². The number of rotatable bonds is 2. The van der Waals surface area contributed by atoms with Crippen molar-refractivity contribution in [3.05, 3.63) is 0 Å². The van der Waals surface area contributed by atoms with Gasteiger partial charge >= 0.3 is 0 Å². The molecule has 0 aromatic carbocycles. The zero-order valence-corrected chi connectivity index (χ0v) is 12.9. The van der Waals surface area contributed by atoms with E-state index in [0.717, 1.165) is 24.0 Å². The summed E-state index contributed by atoms with van der Waals surface area (Å²) in [5, 5.41) is 3.69. The molecule has 0 aromatic heterocycles. The highest BCUT2D eigenvalue weighted by molar-refractivity contribution is 4.96. The van der Waals surface area contributed by atoms with E-state index in [0.29, 0.717) is 6.04 Å². The van der Waals surface area contributed by atoms with E-state index < -0.39 is 0 Å². The summed E-state index contributed by atoms with van der Waals surface area (Å²) in [6.07, 6.45) is 7.16. The molecule has 3 heterocycles. The number of nitrogens with one attached hydrogen (secondary N) is 1. The summed E-state index contributed by atoms with van der Waals surface area (Å²) in [5.41, 5.74) is 0. The Kier molecular flexibility index (Phi) is 4.16. The quantitative estimate of drug-likeness (QED) is 0.823. The molecule has 1 N–H and O–H groups in total. The molecule has 0 amide bonds. The van der Waals surface area contributed by atoms with E-state index in [1.807, 2.05) is 0 Å². The Morgan fingerprint density at radius 3 is 2.37 bits per heavy atom. The summed E-state index contributed by atoms with van der Waals surface area (Å²) < 4.78 is 0. The summed E-state index contributed by atoms with van der Waals surface area (Å²) in [7, 11) is 2.36. The minimum atomic E-state index is 0.702. The average molecular weight is 265 g/mol. The lowest BCUT2D eigenvalue weighted by Crippen LogP contribution is -2.60. The first-order chi connectivity index (χ1) is 9.15. The second-order valence-corrected chi connectivity index (χ2v) is 7.33. The monoisotopic (exact) mass is 265 g/mol. The number of hydrogen-bond acceptors (Lipinski definition) is 3. The van der Waals surface area contributed by atoms with Gasteiger partial charge in [0, 0.05) is 43.8 Å². The summed E-state index contributed by atoms with van der Waals surface area (Å²) in [6, 6.07) is 3.29. The van der Waals surface area contributed by atoms with Gasteiger partial charge in [-0.25, -0.2) is 0 Å². The Labute approximate surface area is 118 Å². The van der Waals surface area contributed by atoms with E-state index in [2.05, 4.69) is 36.0 Å². The Morgan fingerprint density at radius 2 is 1.74 bits per heavy atom. The molecule has 0 aliphatic carbocycles. The lowest BCUT2D eigenvalue weighted by atomic mass is 9.81. The number of hydrogen-bond donors (Lipinski definition) is 1. The molecule has 3 saturated heterocycles. The molecule has 0 aromatic rings. The lowest BCUT2D eigenvalue weighted by molar-refractivity contribution is -0.00192. The maximum Gasteiger partial charge on any atom is 0.0218 e. The number of fused-ring (bicyclic) bond motifs is 2. The van der Waals surface area contributed by atoms with Gasteiger partial charge in [0.15, 0.2) is 0 Å². The zero-order chi connectivity index (χ0) is 13.4. The smallest absolute Gasteiger partial charge is 0.0218 e. The van der Waals surface area contributed by atoms with Crippen molar-refractivity contribution in [1.82, 2.24) is 15.1 Å². The van der Waals surface area contributed by atoms with Gasteiger partial charge in [-0.1, -0.05) is 20.3 Å². The van der Waals surface area contributed by atoms with Crippen molar-refractivity contribution in [2.45, 2.75) is 70.1 Å². The largest absolute Gasteiger partial charge is 0.311 e. The molecule has 3 unspecified atom stereocenters. The van der Waals surface area contributed by atoms with Gasteiger partial charge in [-0.3, -0.25) is 4.90 Å². The highest BCUT2D eigenvalue weighted by atomic mass is 15.3. The first-order valence-corrected chi connectivity index (χ1v) is 8.34. The normalized spacial score (nSPS) is 41.7. The zero-order valence-electron chi connectivity index (χ0n) is 12.9. The van der Waals surface area contributed by atoms with Crippen LogP contribution < -0.4 is 5.32 Å². The fraction of sp³-hybridized carbons (Fsp3) is 1.00. The maximum absolute atomic E-state index is 3.69. The van der Waals surface area contributed by atoms with Gasteiger partial charge in [-0.2, -0.15) is 0 Å². The summed E-state index contributed by atoms with van der Waals surface area (Å²) in [6.45, 7) is 8.42. The van der Waals surface area contributed by atoms with Crippen molar-refractivity contribution in [3.8, 4) is 0 Å². The predicted molar refractivity (Wildman–Crippen MR) is 80.4 cm³/mol. The van der Waals surface area contributed by atoms with Gasteiger partial charge in [0.25, 0.3) is 0 Å². The minimum Gasteiger partial charge on any atom is -0.311 e. The highest BCUT2D eigenvalue weighted by Gasteiger charge is 2.39. The second kappa shape index (κ2) is 5.71.